The Kier molecular flexibility index (Phi) is 1.64. The van der Waals surface area contributed by atoms with Crippen molar-refractivity contribution in [2.45, 2.75) is 0 Å². The van der Waals surface area contributed by atoms with Gasteiger partial charge in [-0.05, 0) is 10.4 Å². The molecule has 0 unspecified atom stereocenters. The highest BCUT2D eigenvalue weighted by molar-refractivity contribution is 7.08. The molecular formula is C4H2N2O2S. The van der Waals surface area contributed by atoms with Gasteiger partial charge in [-0.2, -0.15) is 0 Å². The summed E-state index contributed by atoms with van der Waals surface area (Å²) < 4.78 is 0. The average Bonchev–Trinajstić information content (AvgIpc) is 2.33. The SMILES string of the molecule is O=Nc1cscc1N=O. The summed E-state index contributed by atoms with van der Waals surface area (Å²) >= 11 is 1.23. The second-order valence-corrected chi connectivity index (χ2v) is 2.07. The number of hydrogen-bond donors (Lipinski definition) is 0. The van der Waals surface area contributed by atoms with Crippen molar-refractivity contribution in [2.75, 3.05) is 0 Å². The van der Waals surface area contributed by atoms with Crippen molar-refractivity contribution in [2.24, 2.45) is 10.4 Å². The Hall–Kier alpha value is -1.10. The predicted octanol–water partition coefficient (Wildman–Crippen LogP) is 2.54. The second-order valence-electron chi connectivity index (χ2n) is 1.32. The standard InChI is InChI=1S/C4H2N2O2S/c7-5-3-1-9-2-4(3)6-8/h1-2H. The van der Waals surface area contributed by atoms with E-state index in [9.17, 15) is 9.81 Å². The summed E-state index contributed by atoms with van der Waals surface area (Å²) in [6.07, 6.45) is 0. The Labute approximate surface area is 54.5 Å². The van der Waals surface area contributed by atoms with Gasteiger partial charge in [0.15, 0.2) is 0 Å². The summed E-state index contributed by atoms with van der Waals surface area (Å²) in [6, 6.07) is 0. The molecule has 0 aliphatic heterocycles. The summed E-state index contributed by atoms with van der Waals surface area (Å²) in [6.45, 7) is 0. The van der Waals surface area contributed by atoms with Crippen LogP contribution < -0.4 is 0 Å². The highest BCUT2D eigenvalue weighted by Crippen LogP contribution is 2.30. The Morgan fingerprint density at radius 2 is 1.56 bits per heavy atom. The van der Waals surface area contributed by atoms with Crippen molar-refractivity contribution in [3.05, 3.63) is 20.6 Å². The van der Waals surface area contributed by atoms with Gasteiger partial charge in [-0.15, -0.1) is 21.2 Å². The van der Waals surface area contributed by atoms with Crippen LogP contribution in [0.2, 0.25) is 0 Å². The third-order valence-corrected chi connectivity index (χ3v) is 1.54. The number of nitroso groups, excluding NO2 is 2. The van der Waals surface area contributed by atoms with E-state index in [2.05, 4.69) is 10.4 Å². The molecule has 1 heterocycles. The van der Waals surface area contributed by atoms with Gasteiger partial charge < -0.3 is 0 Å². The summed E-state index contributed by atoms with van der Waals surface area (Å²) in [7, 11) is 0. The molecule has 0 saturated heterocycles. The van der Waals surface area contributed by atoms with Crippen LogP contribution in [0.1, 0.15) is 0 Å². The fourth-order valence-corrected chi connectivity index (χ4v) is 1.07. The lowest BCUT2D eigenvalue weighted by Gasteiger charge is -1.75. The van der Waals surface area contributed by atoms with Gasteiger partial charge in [-0.3, -0.25) is 0 Å². The summed E-state index contributed by atoms with van der Waals surface area (Å²) in [5, 5.41) is 8.09. The van der Waals surface area contributed by atoms with Crippen molar-refractivity contribution in [1.29, 1.82) is 0 Å². The van der Waals surface area contributed by atoms with Crippen LogP contribution >= 0.6 is 11.3 Å². The maximum Gasteiger partial charge on any atom is 0.147 e. The van der Waals surface area contributed by atoms with E-state index in [-0.39, 0.29) is 11.4 Å². The van der Waals surface area contributed by atoms with E-state index in [4.69, 9.17) is 0 Å². The maximum absolute atomic E-state index is 9.81. The van der Waals surface area contributed by atoms with Gasteiger partial charge in [-0.25, -0.2) is 0 Å². The lowest BCUT2D eigenvalue weighted by molar-refractivity contribution is 1.47. The van der Waals surface area contributed by atoms with Gasteiger partial charge in [0.05, 0.1) is 0 Å². The van der Waals surface area contributed by atoms with Crippen LogP contribution in [0.3, 0.4) is 0 Å². The average molecular weight is 142 g/mol. The van der Waals surface area contributed by atoms with Gasteiger partial charge in [0, 0.05) is 10.8 Å². The minimum absolute atomic E-state index is 0.120. The Bertz CT molecular complexity index is 210. The summed E-state index contributed by atoms with van der Waals surface area (Å²) in [4.78, 5) is 19.6. The minimum Gasteiger partial charge on any atom is -0.148 e. The van der Waals surface area contributed by atoms with Crippen molar-refractivity contribution in [3.63, 3.8) is 0 Å². The normalized spacial score (nSPS) is 8.89. The van der Waals surface area contributed by atoms with E-state index in [1.54, 1.807) is 0 Å². The highest BCUT2D eigenvalue weighted by Gasteiger charge is 2.01. The predicted molar refractivity (Wildman–Crippen MR) is 35.2 cm³/mol. The maximum atomic E-state index is 9.81. The van der Waals surface area contributed by atoms with Gasteiger partial charge >= 0.3 is 0 Å². The molecule has 0 aliphatic carbocycles. The number of hydrogen-bond acceptors (Lipinski definition) is 5. The van der Waals surface area contributed by atoms with E-state index in [0.29, 0.717) is 0 Å². The number of thiophene rings is 1. The molecule has 0 bridgehead atoms. The van der Waals surface area contributed by atoms with Crippen LogP contribution in [0.25, 0.3) is 0 Å². The zero-order valence-electron chi connectivity index (χ0n) is 4.27. The molecule has 0 spiro atoms. The van der Waals surface area contributed by atoms with Gasteiger partial charge in [0.2, 0.25) is 0 Å². The van der Waals surface area contributed by atoms with Gasteiger partial charge in [-0.1, -0.05) is 0 Å². The summed E-state index contributed by atoms with van der Waals surface area (Å²) in [5.41, 5.74) is 0.241. The van der Waals surface area contributed by atoms with E-state index in [1.165, 1.54) is 22.1 Å². The fourth-order valence-electron chi connectivity index (χ4n) is 0.420. The van der Waals surface area contributed by atoms with E-state index in [1.807, 2.05) is 0 Å². The first-order valence-corrected chi connectivity index (χ1v) is 3.05. The molecule has 9 heavy (non-hydrogen) atoms. The van der Waals surface area contributed by atoms with Crippen LogP contribution in [0.15, 0.2) is 21.1 Å². The number of rotatable bonds is 2. The van der Waals surface area contributed by atoms with Gasteiger partial charge in [0.25, 0.3) is 0 Å². The second kappa shape index (κ2) is 2.45. The first kappa shape index (κ1) is 6.03. The Balaban J connectivity index is 3.12. The minimum atomic E-state index is 0.120. The molecule has 0 radical (unpaired) electrons. The molecule has 1 rings (SSSR count). The molecule has 0 aliphatic rings. The van der Waals surface area contributed by atoms with E-state index >= 15 is 0 Å². The molecule has 0 N–H and O–H groups in total. The van der Waals surface area contributed by atoms with Crippen molar-refractivity contribution < 1.29 is 0 Å². The molecule has 4 nitrogen and oxygen atoms in total. The molecular weight excluding hydrogens is 140 g/mol. The monoisotopic (exact) mass is 142 g/mol. The molecule has 46 valence electrons. The zero-order chi connectivity index (χ0) is 6.69. The molecule has 0 fully saturated rings. The molecule has 0 aromatic carbocycles. The van der Waals surface area contributed by atoms with Crippen LogP contribution in [0.5, 0.6) is 0 Å². The van der Waals surface area contributed by atoms with Crippen molar-refractivity contribution in [1.82, 2.24) is 0 Å². The zero-order valence-corrected chi connectivity index (χ0v) is 5.09. The smallest absolute Gasteiger partial charge is 0.147 e. The molecule has 0 atom stereocenters. The lowest BCUT2D eigenvalue weighted by atomic mass is 10.5. The third kappa shape index (κ3) is 0.996. The van der Waals surface area contributed by atoms with E-state index < -0.39 is 0 Å². The van der Waals surface area contributed by atoms with Gasteiger partial charge in [0.1, 0.15) is 11.4 Å². The molecule has 1 aromatic rings. The van der Waals surface area contributed by atoms with Crippen LogP contribution in [0, 0.1) is 9.81 Å². The first-order valence-electron chi connectivity index (χ1n) is 2.11. The highest BCUT2D eigenvalue weighted by atomic mass is 32.1. The van der Waals surface area contributed by atoms with E-state index in [0.717, 1.165) is 0 Å². The lowest BCUT2D eigenvalue weighted by Crippen LogP contribution is -1.50. The van der Waals surface area contributed by atoms with Crippen LogP contribution in [-0.2, 0) is 0 Å². The first-order chi connectivity index (χ1) is 4.38. The van der Waals surface area contributed by atoms with Crippen LogP contribution in [0.4, 0.5) is 11.4 Å². The molecule has 5 heteroatoms. The molecule has 0 amide bonds. The Morgan fingerprint density at radius 1 is 1.11 bits per heavy atom. The molecule has 0 saturated carbocycles. The topological polar surface area (TPSA) is 58.9 Å². The van der Waals surface area contributed by atoms with Crippen molar-refractivity contribution >= 4 is 22.7 Å². The van der Waals surface area contributed by atoms with Crippen molar-refractivity contribution in [3.8, 4) is 0 Å². The molecule has 1 aromatic heterocycles. The quantitative estimate of drug-likeness (QED) is 0.595. The van der Waals surface area contributed by atoms with Crippen LogP contribution in [-0.4, -0.2) is 0 Å². The Morgan fingerprint density at radius 3 is 1.89 bits per heavy atom. The largest absolute Gasteiger partial charge is 0.148 e. The third-order valence-electron chi connectivity index (χ3n) is 0.818. The number of nitrogens with zero attached hydrogens (tertiary/aromatic N) is 2. The summed E-state index contributed by atoms with van der Waals surface area (Å²) in [5.74, 6) is 0. The fraction of sp³-hybridized carbons (Fsp3) is 0.